The van der Waals surface area contributed by atoms with Crippen molar-refractivity contribution in [1.82, 2.24) is 10.6 Å². The lowest BCUT2D eigenvalue weighted by atomic mass is 9.93. The zero-order chi connectivity index (χ0) is 8.97. The van der Waals surface area contributed by atoms with E-state index in [9.17, 15) is 0 Å². The van der Waals surface area contributed by atoms with Gasteiger partial charge in [-0.05, 0) is 44.8 Å². The van der Waals surface area contributed by atoms with Crippen LogP contribution in [0.15, 0.2) is 0 Å². The quantitative estimate of drug-likeness (QED) is 0.657. The Hall–Kier alpha value is -0.310. The van der Waals surface area contributed by atoms with Crippen LogP contribution in [-0.2, 0) is 0 Å². The first-order valence-corrected chi connectivity index (χ1v) is 5.20. The van der Waals surface area contributed by atoms with Gasteiger partial charge in [-0.25, -0.2) is 0 Å². The third-order valence-electron chi connectivity index (χ3n) is 2.43. The summed E-state index contributed by atoms with van der Waals surface area (Å²) >= 11 is 5.15. The van der Waals surface area contributed by atoms with Crippen molar-refractivity contribution in [2.24, 2.45) is 0 Å². The number of hydrogen-bond acceptors (Lipinski definition) is 1. The van der Waals surface area contributed by atoms with Gasteiger partial charge in [0.25, 0.3) is 0 Å². The van der Waals surface area contributed by atoms with Crippen molar-refractivity contribution < 1.29 is 0 Å². The molecule has 1 aliphatic carbocycles. The van der Waals surface area contributed by atoms with Crippen LogP contribution in [-0.4, -0.2) is 17.2 Å². The second kappa shape index (κ2) is 4.65. The maximum absolute atomic E-state index is 5.15. The average Bonchev–Trinajstić information content (AvgIpc) is 1.97. The van der Waals surface area contributed by atoms with E-state index in [1.165, 1.54) is 19.3 Å². The summed E-state index contributed by atoms with van der Waals surface area (Å²) in [6.45, 7) is 4.30. The summed E-state index contributed by atoms with van der Waals surface area (Å²) in [5, 5.41) is 7.38. The van der Waals surface area contributed by atoms with Gasteiger partial charge in [-0.2, -0.15) is 0 Å². The highest BCUT2D eigenvalue weighted by Crippen LogP contribution is 2.17. The third-order valence-corrected chi connectivity index (χ3v) is 2.67. The minimum atomic E-state index is 0.491. The fourth-order valence-electron chi connectivity index (χ4n) is 1.11. The van der Waals surface area contributed by atoms with Gasteiger partial charge in [-0.1, -0.05) is 6.92 Å². The number of hydrogen-bond donors (Lipinski definition) is 2. The summed E-state index contributed by atoms with van der Waals surface area (Å²) in [5.74, 6) is 0. The minimum Gasteiger partial charge on any atom is -0.360 e. The van der Waals surface area contributed by atoms with Crippen LogP contribution < -0.4 is 10.6 Å². The average molecular weight is 186 g/mol. The summed E-state index contributed by atoms with van der Waals surface area (Å²) in [6.07, 6.45) is 5.03. The molecule has 0 radical (unpaired) electrons. The molecule has 0 aromatic heterocycles. The highest BCUT2D eigenvalue weighted by atomic mass is 32.1. The van der Waals surface area contributed by atoms with Crippen molar-refractivity contribution in [3.63, 3.8) is 0 Å². The molecule has 0 aromatic rings. The lowest BCUT2D eigenvalue weighted by Crippen LogP contribution is -2.47. The molecule has 1 rings (SSSR count). The Labute approximate surface area is 80.1 Å². The summed E-state index contributed by atoms with van der Waals surface area (Å²) in [7, 11) is 0. The van der Waals surface area contributed by atoms with Crippen molar-refractivity contribution in [1.29, 1.82) is 0 Å². The van der Waals surface area contributed by atoms with Gasteiger partial charge in [-0.3, -0.25) is 0 Å². The molecule has 0 spiro atoms. The molecule has 0 aliphatic heterocycles. The molecule has 12 heavy (non-hydrogen) atoms. The van der Waals surface area contributed by atoms with Crippen molar-refractivity contribution in [2.75, 3.05) is 0 Å². The van der Waals surface area contributed by atoms with Crippen molar-refractivity contribution in [2.45, 2.75) is 51.6 Å². The Morgan fingerprint density at radius 1 is 1.58 bits per heavy atom. The standard InChI is InChI=1S/C9H18N2S/c1-3-7(2)10-9(12)11-8-5-4-6-8/h7-8H,3-6H2,1-2H3,(H2,10,11,12). The maximum atomic E-state index is 5.15. The molecular weight excluding hydrogens is 168 g/mol. The van der Waals surface area contributed by atoms with Crippen molar-refractivity contribution in [3.05, 3.63) is 0 Å². The van der Waals surface area contributed by atoms with E-state index < -0.39 is 0 Å². The van der Waals surface area contributed by atoms with Crippen LogP contribution in [0.2, 0.25) is 0 Å². The molecule has 0 heterocycles. The second-order valence-electron chi connectivity index (χ2n) is 3.55. The number of thiocarbonyl (C=S) groups is 1. The second-order valence-corrected chi connectivity index (χ2v) is 3.96. The first-order valence-electron chi connectivity index (χ1n) is 4.79. The molecule has 1 fully saturated rings. The Morgan fingerprint density at radius 3 is 2.67 bits per heavy atom. The maximum Gasteiger partial charge on any atom is 0.166 e. The van der Waals surface area contributed by atoms with Crippen LogP contribution in [0, 0.1) is 0 Å². The lowest BCUT2D eigenvalue weighted by Gasteiger charge is -2.28. The molecule has 0 aromatic carbocycles. The van der Waals surface area contributed by atoms with Crippen molar-refractivity contribution >= 4 is 17.3 Å². The molecule has 1 aliphatic rings. The van der Waals surface area contributed by atoms with Crippen LogP contribution in [0.25, 0.3) is 0 Å². The summed E-state index contributed by atoms with van der Waals surface area (Å²) < 4.78 is 0. The Bertz CT molecular complexity index is 146. The molecule has 1 unspecified atom stereocenters. The fourth-order valence-corrected chi connectivity index (χ4v) is 1.47. The fraction of sp³-hybridized carbons (Fsp3) is 0.889. The normalized spacial score (nSPS) is 19.5. The van der Waals surface area contributed by atoms with E-state index in [1.807, 2.05) is 0 Å². The monoisotopic (exact) mass is 186 g/mol. The predicted octanol–water partition coefficient (Wildman–Crippen LogP) is 1.80. The first kappa shape index (κ1) is 9.78. The van der Waals surface area contributed by atoms with Gasteiger partial charge in [0, 0.05) is 12.1 Å². The summed E-state index contributed by atoms with van der Waals surface area (Å²) in [4.78, 5) is 0. The molecule has 70 valence electrons. The molecule has 2 nitrogen and oxygen atoms in total. The van der Waals surface area contributed by atoms with Crippen LogP contribution in [0.3, 0.4) is 0 Å². The van der Waals surface area contributed by atoms with Crippen molar-refractivity contribution in [3.8, 4) is 0 Å². The largest absolute Gasteiger partial charge is 0.360 e. The molecule has 0 saturated heterocycles. The van der Waals surface area contributed by atoms with E-state index in [4.69, 9.17) is 12.2 Å². The predicted molar refractivity (Wildman–Crippen MR) is 56.3 cm³/mol. The van der Waals surface area contributed by atoms with Gasteiger partial charge in [0.15, 0.2) is 5.11 Å². The minimum absolute atomic E-state index is 0.491. The highest BCUT2D eigenvalue weighted by Gasteiger charge is 2.17. The van der Waals surface area contributed by atoms with E-state index in [0.717, 1.165) is 11.5 Å². The molecule has 2 N–H and O–H groups in total. The van der Waals surface area contributed by atoms with Gasteiger partial charge in [0.2, 0.25) is 0 Å². The van der Waals surface area contributed by atoms with E-state index in [-0.39, 0.29) is 0 Å². The third kappa shape index (κ3) is 2.97. The molecular formula is C9H18N2S. The zero-order valence-electron chi connectivity index (χ0n) is 7.89. The van der Waals surface area contributed by atoms with Crippen LogP contribution in [0.4, 0.5) is 0 Å². The highest BCUT2D eigenvalue weighted by molar-refractivity contribution is 7.80. The summed E-state index contributed by atoms with van der Waals surface area (Å²) in [5.41, 5.74) is 0. The van der Waals surface area contributed by atoms with E-state index in [0.29, 0.717) is 12.1 Å². The number of nitrogens with one attached hydrogen (secondary N) is 2. The lowest BCUT2D eigenvalue weighted by molar-refractivity contribution is 0.380. The zero-order valence-corrected chi connectivity index (χ0v) is 8.71. The molecule has 0 amide bonds. The van der Waals surface area contributed by atoms with Crippen LogP contribution in [0.5, 0.6) is 0 Å². The van der Waals surface area contributed by atoms with Gasteiger partial charge >= 0.3 is 0 Å². The summed E-state index contributed by atoms with van der Waals surface area (Å²) in [6, 6.07) is 1.14. The first-order chi connectivity index (χ1) is 5.72. The van der Waals surface area contributed by atoms with E-state index in [1.54, 1.807) is 0 Å². The van der Waals surface area contributed by atoms with Gasteiger partial charge in [0.05, 0.1) is 0 Å². The smallest absolute Gasteiger partial charge is 0.166 e. The Balaban J connectivity index is 2.10. The van der Waals surface area contributed by atoms with E-state index >= 15 is 0 Å². The van der Waals surface area contributed by atoms with Gasteiger partial charge < -0.3 is 10.6 Å². The topological polar surface area (TPSA) is 24.1 Å². The SMILES string of the molecule is CCC(C)NC(=S)NC1CCC1. The van der Waals surface area contributed by atoms with Crippen LogP contribution in [0.1, 0.15) is 39.5 Å². The number of rotatable bonds is 3. The Morgan fingerprint density at radius 2 is 2.25 bits per heavy atom. The van der Waals surface area contributed by atoms with E-state index in [2.05, 4.69) is 24.5 Å². The molecule has 1 saturated carbocycles. The molecule has 0 bridgehead atoms. The van der Waals surface area contributed by atoms with Gasteiger partial charge in [0.1, 0.15) is 0 Å². The Kier molecular flexibility index (Phi) is 3.79. The van der Waals surface area contributed by atoms with Gasteiger partial charge in [-0.15, -0.1) is 0 Å². The molecule has 3 heteroatoms. The molecule has 1 atom stereocenters. The van der Waals surface area contributed by atoms with Crippen LogP contribution >= 0.6 is 12.2 Å².